The lowest BCUT2D eigenvalue weighted by Crippen LogP contribution is -2.64. The molecule has 3 aliphatic rings. The third kappa shape index (κ3) is 3.19. The Balaban J connectivity index is 2.25. The third-order valence-corrected chi connectivity index (χ3v) is 3.87. The van der Waals surface area contributed by atoms with Gasteiger partial charge in [-0.1, -0.05) is 0 Å². The lowest BCUT2D eigenvalue weighted by atomic mass is 9.74. The van der Waals surface area contributed by atoms with E-state index in [0.29, 0.717) is 12.8 Å². The molecule has 0 aromatic rings. The Labute approximate surface area is 124 Å². The number of ketones is 1. The highest BCUT2D eigenvalue weighted by Crippen LogP contribution is 2.38. The summed E-state index contributed by atoms with van der Waals surface area (Å²) in [5, 5.41) is 0. The molecular formula is C15H23NO5. The fraction of sp³-hybridized carbons (Fsp3) is 0.800. The van der Waals surface area contributed by atoms with Gasteiger partial charge in [-0.05, 0) is 40.5 Å². The van der Waals surface area contributed by atoms with E-state index in [-0.39, 0.29) is 18.4 Å². The van der Waals surface area contributed by atoms with Crippen molar-refractivity contribution in [3.8, 4) is 0 Å². The summed E-state index contributed by atoms with van der Waals surface area (Å²) in [6, 6.07) is -1.09. The zero-order chi connectivity index (χ0) is 15.8. The quantitative estimate of drug-likeness (QED) is 0.728. The summed E-state index contributed by atoms with van der Waals surface area (Å²) in [5.74, 6) is -0.920. The number of amides is 1. The molecule has 3 atom stereocenters. The molecule has 3 rings (SSSR count). The monoisotopic (exact) mass is 297 g/mol. The molecule has 1 saturated carbocycles. The topological polar surface area (TPSA) is 72.9 Å². The van der Waals surface area contributed by atoms with Crippen LogP contribution < -0.4 is 0 Å². The smallest absolute Gasteiger partial charge is 0.411 e. The van der Waals surface area contributed by atoms with Crippen molar-refractivity contribution in [3.05, 3.63) is 0 Å². The van der Waals surface area contributed by atoms with Crippen molar-refractivity contribution in [1.29, 1.82) is 0 Å². The third-order valence-electron chi connectivity index (χ3n) is 3.87. The molecule has 2 bridgehead atoms. The van der Waals surface area contributed by atoms with E-state index in [1.54, 1.807) is 27.7 Å². The highest BCUT2D eigenvalue weighted by atomic mass is 16.6. The van der Waals surface area contributed by atoms with Gasteiger partial charge in [0.25, 0.3) is 0 Å². The Morgan fingerprint density at radius 3 is 2.48 bits per heavy atom. The Hall–Kier alpha value is -1.59. The number of hydrogen-bond donors (Lipinski definition) is 0. The predicted octanol–water partition coefficient (Wildman–Crippen LogP) is 1.91. The minimum atomic E-state index is -0.834. The van der Waals surface area contributed by atoms with Crippen molar-refractivity contribution in [3.63, 3.8) is 0 Å². The van der Waals surface area contributed by atoms with Gasteiger partial charge in [-0.15, -0.1) is 0 Å². The van der Waals surface area contributed by atoms with Crippen LogP contribution in [0.15, 0.2) is 0 Å². The maximum absolute atomic E-state index is 12.4. The Morgan fingerprint density at radius 2 is 1.95 bits per heavy atom. The number of fused-ring (bicyclic) bond motifs is 3. The largest absolute Gasteiger partial charge is 0.464 e. The number of hydrogen-bond acceptors (Lipinski definition) is 5. The summed E-state index contributed by atoms with van der Waals surface area (Å²) in [7, 11) is 0. The zero-order valence-electron chi connectivity index (χ0n) is 13.0. The van der Waals surface area contributed by atoms with Crippen LogP contribution in [0.4, 0.5) is 4.79 Å². The molecule has 6 nitrogen and oxygen atoms in total. The van der Waals surface area contributed by atoms with Gasteiger partial charge in [0, 0.05) is 18.4 Å². The SMILES string of the molecule is CCOC(=O)[C@@H]1C2CCC(CC2=O)N1C(=O)OC(C)(C)C. The Kier molecular flexibility index (Phi) is 4.25. The number of carbonyl (C=O) groups is 3. The second-order valence-electron chi connectivity index (χ2n) is 6.59. The van der Waals surface area contributed by atoms with Gasteiger partial charge >= 0.3 is 12.1 Å². The van der Waals surface area contributed by atoms with E-state index in [1.165, 1.54) is 4.90 Å². The fourth-order valence-electron chi connectivity index (χ4n) is 3.09. The second-order valence-corrected chi connectivity index (χ2v) is 6.59. The summed E-state index contributed by atoms with van der Waals surface area (Å²) in [5.41, 5.74) is -0.642. The average molecular weight is 297 g/mol. The molecule has 0 N–H and O–H groups in total. The zero-order valence-corrected chi connectivity index (χ0v) is 13.0. The summed E-state index contributed by atoms with van der Waals surface area (Å²) in [6.07, 6.45) is 1.13. The van der Waals surface area contributed by atoms with Gasteiger partial charge in [0.1, 0.15) is 17.4 Å². The predicted molar refractivity (Wildman–Crippen MR) is 74.6 cm³/mol. The van der Waals surface area contributed by atoms with Gasteiger partial charge in [-0.2, -0.15) is 0 Å². The van der Waals surface area contributed by atoms with Gasteiger partial charge in [-0.3, -0.25) is 9.69 Å². The van der Waals surface area contributed by atoms with E-state index in [4.69, 9.17) is 9.47 Å². The van der Waals surface area contributed by atoms with Crippen LogP contribution in [0.2, 0.25) is 0 Å². The van der Waals surface area contributed by atoms with Crippen molar-refractivity contribution in [2.75, 3.05) is 6.61 Å². The molecule has 0 spiro atoms. The molecule has 6 heteroatoms. The summed E-state index contributed by atoms with van der Waals surface area (Å²) < 4.78 is 10.4. The summed E-state index contributed by atoms with van der Waals surface area (Å²) >= 11 is 0. The second kappa shape index (κ2) is 5.66. The number of piperidine rings is 2. The van der Waals surface area contributed by atoms with Gasteiger partial charge in [-0.25, -0.2) is 9.59 Å². The first-order valence-corrected chi connectivity index (χ1v) is 7.45. The van der Waals surface area contributed by atoms with Crippen LogP contribution in [-0.4, -0.2) is 47.0 Å². The first-order chi connectivity index (χ1) is 9.74. The molecule has 1 amide bonds. The molecule has 118 valence electrons. The first-order valence-electron chi connectivity index (χ1n) is 7.45. The van der Waals surface area contributed by atoms with Crippen LogP contribution in [0.3, 0.4) is 0 Å². The number of rotatable bonds is 2. The van der Waals surface area contributed by atoms with E-state index >= 15 is 0 Å². The lowest BCUT2D eigenvalue weighted by molar-refractivity contribution is -0.162. The van der Waals surface area contributed by atoms with Crippen molar-refractivity contribution >= 4 is 17.8 Å². The standard InChI is InChI=1S/C15H23NO5/c1-5-20-13(18)12-10-7-6-9(8-11(10)17)16(12)14(19)21-15(2,3)4/h9-10,12H,5-8H2,1-4H3/t9?,10?,12-/m0/s1. The number of esters is 1. The molecule has 0 aromatic heterocycles. The molecule has 0 radical (unpaired) electrons. The Morgan fingerprint density at radius 1 is 1.29 bits per heavy atom. The van der Waals surface area contributed by atoms with Crippen LogP contribution in [0.5, 0.6) is 0 Å². The summed E-state index contributed by atoms with van der Waals surface area (Å²) in [6.45, 7) is 7.26. The maximum Gasteiger partial charge on any atom is 0.411 e. The molecule has 1 aliphatic carbocycles. The normalized spacial score (nSPS) is 28.5. The van der Waals surface area contributed by atoms with E-state index in [2.05, 4.69) is 0 Å². The number of ether oxygens (including phenoxy) is 2. The van der Waals surface area contributed by atoms with E-state index in [9.17, 15) is 14.4 Å². The van der Waals surface area contributed by atoms with Crippen molar-refractivity contribution in [1.82, 2.24) is 4.90 Å². The van der Waals surface area contributed by atoms with E-state index in [0.717, 1.165) is 6.42 Å². The number of nitrogens with zero attached hydrogens (tertiary/aromatic N) is 1. The van der Waals surface area contributed by atoms with Crippen molar-refractivity contribution in [2.24, 2.45) is 5.92 Å². The van der Waals surface area contributed by atoms with Crippen LogP contribution in [-0.2, 0) is 19.1 Å². The molecule has 3 fully saturated rings. The minimum Gasteiger partial charge on any atom is -0.464 e. The lowest BCUT2D eigenvalue weighted by Gasteiger charge is -2.48. The van der Waals surface area contributed by atoms with Crippen LogP contribution in [0.1, 0.15) is 47.0 Å². The van der Waals surface area contributed by atoms with E-state index in [1.807, 2.05) is 0 Å². The number of Topliss-reactive ketones (excluding diaryl/α,β-unsaturated/α-hetero) is 1. The highest BCUT2D eigenvalue weighted by Gasteiger charge is 2.53. The van der Waals surface area contributed by atoms with Gasteiger partial charge in [0.15, 0.2) is 0 Å². The highest BCUT2D eigenvalue weighted by molar-refractivity contribution is 5.94. The van der Waals surface area contributed by atoms with Crippen LogP contribution >= 0.6 is 0 Å². The van der Waals surface area contributed by atoms with Gasteiger partial charge in [0.05, 0.1) is 6.61 Å². The first kappa shape index (κ1) is 15.8. The van der Waals surface area contributed by atoms with E-state index < -0.39 is 29.6 Å². The molecule has 0 aromatic carbocycles. The molecule has 2 heterocycles. The fourth-order valence-corrected chi connectivity index (χ4v) is 3.09. The van der Waals surface area contributed by atoms with Crippen molar-refractivity contribution in [2.45, 2.75) is 64.6 Å². The van der Waals surface area contributed by atoms with Gasteiger partial charge in [0.2, 0.25) is 0 Å². The van der Waals surface area contributed by atoms with Crippen LogP contribution in [0.25, 0.3) is 0 Å². The van der Waals surface area contributed by atoms with Crippen LogP contribution in [0, 0.1) is 5.92 Å². The average Bonchev–Trinajstić information content (AvgIpc) is 2.36. The van der Waals surface area contributed by atoms with Gasteiger partial charge < -0.3 is 9.47 Å². The number of carbonyl (C=O) groups excluding carboxylic acids is 3. The molecule has 21 heavy (non-hydrogen) atoms. The maximum atomic E-state index is 12.4. The molecular weight excluding hydrogens is 274 g/mol. The molecule has 2 unspecified atom stereocenters. The van der Waals surface area contributed by atoms with Crippen molar-refractivity contribution < 1.29 is 23.9 Å². The Bertz CT molecular complexity index is 453. The minimum absolute atomic E-state index is 0.0455. The molecule has 2 aliphatic heterocycles. The molecule has 2 saturated heterocycles. The summed E-state index contributed by atoms with van der Waals surface area (Å²) in [4.78, 5) is 38.1.